The van der Waals surface area contributed by atoms with Gasteiger partial charge in [-0.05, 0) is 53.4 Å². The summed E-state index contributed by atoms with van der Waals surface area (Å²) in [4.78, 5) is 26.0. The van der Waals surface area contributed by atoms with Crippen LogP contribution in [0.15, 0.2) is 48.5 Å². The van der Waals surface area contributed by atoms with E-state index in [0.29, 0.717) is 12.5 Å². The summed E-state index contributed by atoms with van der Waals surface area (Å²) in [6, 6.07) is 15.6. The predicted octanol–water partition coefficient (Wildman–Crippen LogP) is 4.12. The van der Waals surface area contributed by atoms with E-state index in [1.165, 1.54) is 16.0 Å². The second-order valence-corrected chi connectivity index (χ2v) is 8.07. The van der Waals surface area contributed by atoms with Crippen molar-refractivity contribution in [1.82, 2.24) is 4.90 Å². The Balaban J connectivity index is 1.34. The van der Waals surface area contributed by atoms with Crippen LogP contribution in [0.2, 0.25) is 0 Å². The molecule has 2 unspecified atom stereocenters. The van der Waals surface area contributed by atoms with Gasteiger partial charge in [-0.25, -0.2) is 9.59 Å². The fraction of sp³-hybridized carbons (Fsp3) is 0.391. The minimum atomic E-state index is -0.914. The molecule has 0 radical (unpaired) electrons. The molecule has 0 spiro atoms. The minimum Gasteiger partial charge on any atom is -0.480 e. The maximum absolute atomic E-state index is 12.8. The number of hydrogen-bond acceptors (Lipinski definition) is 3. The van der Waals surface area contributed by atoms with Crippen LogP contribution in [-0.2, 0) is 9.53 Å². The third-order valence-electron chi connectivity index (χ3n) is 6.50. The first-order chi connectivity index (χ1) is 13.6. The van der Waals surface area contributed by atoms with Gasteiger partial charge in [0.2, 0.25) is 0 Å². The molecule has 2 fully saturated rings. The van der Waals surface area contributed by atoms with Crippen LogP contribution in [0.1, 0.15) is 36.3 Å². The maximum Gasteiger partial charge on any atom is 0.410 e. The number of aliphatic carboxylic acids is 1. The molecule has 5 nitrogen and oxygen atoms in total. The summed E-state index contributed by atoms with van der Waals surface area (Å²) in [5.74, 6) is -0.408. The first-order valence-corrected chi connectivity index (χ1v) is 9.99. The Labute approximate surface area is 163 Å². The lowest BCUT2D eigenvalue weighted by molar-refractivity contribution is -0.143. The predicted molar refractivity (Wildman–Crippen MR) is 104 cm³/mol. The van der Waals surface area contributed by atoms with Crippen LogP contribution in [-0.4, -0.2) is 41.3 Å². The molecule has 5 heteroatoms. The normalized spacial score (nSPS) is 23.4. The molecule has 2 atom stereocenters. The minimum absolute atomic E-state index is 0.0125. The zero-order valence-electron chi connectivity index (χ0n) is 15.6. The highest BCUT2D eigenvalue weighted by molar-refractivity contribution is 5.82. The molecular weight excluding hydrogens is 354 g/mol. The molecule has 1 heterocycles. The van der Waals surface area contributed by atoms with Crippen molar-refractivity contribution in [2.75, 3.05) is 13.2 Å². The zero-order chi connectivity index (χ0) is 19.3. The van der Waals surface area contributed by atoms with Crippen LogP contribution in [0.25, 0.3) is 11.1 Å². The first-order valence-electron chi connectivity index (χ1n) is 9.99. The molecule has 1 N–H and O–H groups in total. The molecule has 5 rings (SSSR count). The van der Waals surface area contributed by atoms with Crippen molar-refractivity contribution >= 4 is 12.1 Å². The molecule has 0 bridgehead atoms. The number of carboxylic acid groups (broad SMARTS) is 1. The number of rotatable bonds is 4. The molecule has 1 amide bonds. The molecule has 2 aromatic carbocycles. The Morgan fingerprint density at radius 3 is 2.14 bits per heavy atom. The highest BCUT2D eigenvalue weighted by Gasteiger charge is 2.49. The van der Waals surface area contributed by atoms with Crippen LogP contribution in [0.3, 0.4) is 0 Å². The Kier molecular flexibility index (Phi) is 4.11. The number of carboxylic acids is 1. The van der Waals surface area contributed by atoms with Gasteiger partial charge < -0.3 is 9.84 Å². The van der Waals surface area contributed by atoms with Crippen LogP contribution in [0.5, 0.6) is 0 Å². The van der Waals surface area contributed by atoms with Crippen molar-refractivity contribution < 1.29 is 19.4 Å². The number of carbonyl (C=O) groups is 2. The molecule has 1 aliphatic heterocycles. The second-order valence-electron chi connectivity index (χ2n) is 8.07. The summed E-state index contributed by atoms with van der Waals surface area (Å²) < 4.78 is 5.68. The molecule has 2 aromatic rings. The lowest BCUT2D eigenvalue weighted by Crippen LogP contribution is -2.44. The van der Waals surface area contributed by atoms with E-state index in [1.807, 2.05) is 24.3 Å². The summed E-state index contributed by atoms with van der Waals surface area (Å²) in [5.41, 5.74) is 4.67. The Morgan fingerprint density at radius 1 is 0.964 bits per heavy atom. The molecule has 0 aromatic heterocycles. The number of likely N-dealkylation sites (tertiary alicyclic amines) is 1. The van der Waals surface area contributed by atoms with E-state index in [9.17, 15) is 14.7 Å². The lowest BCUT2D eigenvalue weighted by atomic mass is 9.95. The Morgan fingerprint density at radius 2 is 1.57 bits per heavy atom. The van der Waals surface area contributed by atoms with E-state index in [2.05, 4.69) is 24.3 Å². The van der Waals surface area contributed by atoms with E-state index < -0.39 is 18.1 Å². The average Bonchev–Trinajstić information content (AvgIpc) is 3.37. The van der Waals surface area contributed by atoms with Gasteiger partial charge in [-0.15, -0.1) is 0 Å². The Bertz CT molecular complexity index is 890. The number of amides is 1. The van der Waals surface area contributed by atoms with Gasteiger partial charge in [0.15, 0.2) is 0 Å². The number of ether oxygens (including phenoxy) is 1. The molecule has 3 aliphatic rings. The maximum atomic E-state index is 12.8. The number of fused-ring (bicyclic) bond motifs is 3. The van der Waals surface area contributed by atoms with E-state index >= 15 is 0 Å². The van der Waals surface area contributed by atoms with Crippen molar-refractivity contribution in [3.8, 4) is 11.1 Å². The highest BCUT2D eigenvalue weighted by Crippen LogP contribution is 2.46. The fourth-order valence-electron chi connectivity index (χ4n) is 5.03. The van der Waals surface area contributed by atoms with Crippen LogP contribution in [0.4, 0.5) is 4.79 Å². The van der Waals surface area contributed by atoms with Crippen LogP contribution >= 0.6 is 0 Å². The summed E-state index contributed by atoms with van der Waals surface area (Å²) in [7, 11) is 0. The largest absolute Gasteiger partial charge is 0.480 e. The molecule has 1 saturated heterocycles. The molecule has 1 saturated carbocycles. The first kappa shape index (κ1) is 17.3. The number of carbonyl (C=O) groups excluding carboxylic acids is 1. The number of nitrogens with zero attached hydrogens (tertiary/aromatic N) is 1. The summed E-state index contributed by atoms with van der Waals surface area (Å²) in [6.07, 6.45) is 2.41. The third kappa shape index (κ3) is 2.77. The van der Waals surface area contributed by atoms with E-state index in [-0.39, 0.29) is 18.4 Å². The zero-order valence-corrected chi connectivity index (χ0v) is 15.6. The van der Waals surface area contributed by atoms with Crippen molar-refractivity contribution in [1.29, 1.82) is 0 Å². The van der Waals surface area contributed by atoms with Gasteiger partial charge in [-0.3, -0.25) is 4.90 Å². The molecule has 144 valence electrons. The lowest BCUT2D eigenvalue weighted by Gasteiger charge is -2.25. The summed E-state index contributed by atoms with van der Waals surface area (Å²) >= 11 is 0. The van der Waals surface area contributed by atoms with Gasteiger partial charge in [0.1, 0.15) is 12.6 Å². The number of benzene rings is 2. The standard InChI is InChI=1S/C23H23NO4/c25-22(26)21-15(14-9-10-14)11-12-24(21)23(27)28-13-20-18-7-3-1-5-16(18)17-6-2-4-8-19(17)20/h1-8,14-15,20-21H,9-13H2,(H,25,26). The van der Waals surface area contributed by atoms with Crippen molar-refractivity contribution in [2.45, 2.75) is 31.2 Å². The quantitative estimate of drug-likeness (QED) is 0.870. The van der Waals surface area contributed by atoms with Crippen LogP contribution < -0.4 is 0 Å². The Hall–Kier alpha value is -2.82. The van der Waals surface area contributed by atoms with Gasteiger partial charge in [0.05, 0.1) is 0 Å². The smallest absolute Gasteiger partial charge is 0.410 e. The molecular formula is C23H23NO4. The van der Waals surface area contributed by atoms with Crippen molar-refractivity contribution in [3.63, 3.8) is 0 Å². The van der Waals surface area contributed by atoms with Gasteiger partial charge in [-0.2, -0.15) is 0 Å². The summed E-state index contributed by atoms with van der Waals surface area (Å²) in [5, 5.41) is 9.67. The topological polar surface area (TPSA) is 66.8 Å². The van der Waals surface area contributed by atoms with E-state index in [4.69, 9.17) is 4.74 Å². The van der Waals surface area contributed by atoms with Gasteiger partial charge in [0, 0.05) is 12.5 Å². The SMILES string of the molecule is O=C(O)C1C(C2CC2)CCN1C(=O)OCC1c2ccccc2-c2ccccc21. The second kappa shape index (κ2) is 6.66. The fourth-order valence-corrected chi connectivity index (χ4v) is 5.03. The van der Waals surface area contributed by atoms with Gasteiger partial charge in [-0.1, -0.05) is 48.5 Å². The number of hydrogen-bond donors (Lipinski definition) is 1. The van der Waals surface area contributed by atoms with Crippen molar-refractivity contribution in [3.05, 3.63) is 59.7 Å². The van der Waals surface area contributed by atoms with Crippen molar-refractivity contribution in [2.24, 2.45) is 11.8 Å². The highest BCUT2D eigenvalue weighted by atomic mass is 16.6. The third-order valence-corrected chi connectivity index (χ3v) is 6.50. The monoisotopic (exact) mass is 377 g/mol. The summed E-state index contributed by atoms with van der Waals surface area (Å²) in [6.45, 7) is 0.693. The van der Waals surface area contributed by atoms with E-state index in [1.54, 1.807) is 0 Å². The van der Waals surface area contributed by atoms with Gasteiger partial charge >= 0.3 is 12.1 Å². The van der Waals surface area contributed by atoms with E-state index in [0.717, 1.165) is 30.4 Å². The average molecular weight is 377 g/mol. The molecule has 2 aliphatic carbocycles. The van der Waals surface area contributed by atoms with Crippen LogP contribution in [0, 0.1) is 11.8 Å². The van der Waals surface area contributed by atoms with Gasteiger partial charge in [0.25, 0.3) is 0 Å². The molecule has 28 heavy (non-hydrogen) atoms.